The zero-order chi connectivity index (χ0) is 12.7. The highest BCUT2D eigenvalue weighted by atomic mass is 35.5. The third-order valence-corrected chi connectivity index (χ3v) is 2.60. The summed E-state index contributed by atoms with van der Waals surface area (Å²) in [6.07, 6.45) is 0. The first-order chi connectivity index (χ1) is 8.17. The Balaban J connectivity index is 2.39. The van der Waals surface area contributed by atoms with E-state index in [1.165, 1.54) is 0 Å². The van der Waals surface area contributed by atoms with Crippen molar-refractivity contribution in [2.24, 2.45) is 0 Å². The second-order valence-corrected chi connectivity index (χ2v) is 3.93. The fourth-order valence-corrected chi connectivity index (χ4v) is 1.51. The lowest BCUT2D eigenvalue weighted by Crippen LogP contribution is -2.29. The molecule has 0 heterocycles. The summed E-state index contributed by atoms with van der Waals surface area (Å²) in [7, 11) is 1.56. The predicted molar refractivity (Wildman–Crippen MR) is 70.2 cm³/mol. The summed E-state index contributed by atoms with van der Waals surface area (Å²) in [4.78, 5) is 10.9. The average molecular weight is 277 g/mol. The van der Waals surface area contributed by atoms with E-state index in [0.717, 1.165) is 5.69 Å². The second kappa shape index (κ2) is 7.25. The van der Waals surface area contributed by atoms with Gasteiger partial charge in [-0.1, -0.05) is 11.6 Å². The van der Waals surface area contributed by atoms with Crippen LogP contribution in [-0.4, -0.2) is 32.0 Å². The molecule has 4 nitrogen and oxygen atoms in total. The fourth-order valence-electron chi connectivity index (χ4n) is 1.23. The molecule has 0 fully saturated rings. The number of hydrogen-bond acceptors (Lipinski definition) is 3. The van der Waals surface area contributed by atoms with E-state index in [1.807, 2.05) is 6.07 Å². The summed E-state index contributed by atoms with van der Waals surface area (Å²) >= 11 is 11.2. The molecule has 0 aromatic heterocycles. The number of rotatable bonds is 6. The van der Waals surface area contributed by atoms with E-state index in [-0.39, 0.29) is 11.8 Å². The van der Waals surface area contributed by atoms with Crippen LogP contribution in [0, 0.1) is 0 Å². The first-order valence-corrected chi connectivity index (χ1v) is 5.98. The van der Waals surface area contributed by atoms with Crippen LogP contribution in [-0.2, 0) is 4.79 Å². The Hall–Kier alpha value is -1.13. The quantitative estimate of drug-likeness (QED) is 0.618. The van der Waals surface area contributed by atoms with Gasteiger partial charge in [-0.3, -0.25) is 4.79 Å². The number of methoxy groups -OCH3 is 1. The number of hydrogen-bond donors (Lipinski definition) is 2. The minimum atomic E-state index is -0.179. The van der Waals surface area contributed by atoms with Crippen LogP contribution in [0.25, 0.3) is 0 Å². The second-order valence-electron chi connectivity index (χ2n) is 3.26. The smallest absolute Gasteiger partial charge is 0.234 e. The highest BCUT2D eigenvalue weighted by Gasteiger charge is 2.01. The van der Waals surface area contributed by atoms with Crippen molar-refractivity contribution >= 4 is 34.8 Å². The Morgan fingerprint density at radius 2 is 2.18 bits per heavy atom. The van der Waals surface area contributed by atoms with E-state index in [4.69, 9.17) is 27.9 Å². The maximum Gasteiger partial charge on any atom is 0.234 e. The zero-order valence-corrected chi connectivity index (χ0v) is 10.9. The molecule has 6 heteroatoms. The van der Waals surface area contributed by atoms with Crippen LogP contribution in [0.5, 0.6) is 5.75 Å². The number of carbonyl (C=O) groups excluding carboxylic acids is 1. The number of carbonyl (C=O) groups is 1. The summed E-state index contributed by atoms with van der Waals surface area (Å²) in [5.41, 5.74) is 0.881. The molecule has 0 spiro atoms. The largest absolute Gasteiger partial charge is 0.495 e. The Morgan fingerprint density at radius 3 is 2.82 bits per heavy atom. The van der Waals surface area contributed by atoms with Gasteiger partial charge in [-0.25, -0.2) is 0 Å². The molecule has 0 saturated heterocycles. The van der Waals surface area contributed by atoms with Crippen LogP contribution >= 0.6 is 23.2 Å². The molecule has 17 heavy (non-hydrogen) atoms. The molecule has 0 aliphatic carbocycles. The number of nitrogens with one attached hydrogen (secondary N) is 2. The van der Waals surface area contributed by atoms with Gasteiger partial charge in [0.15, 0.2) is 0 Å². The van der Waals surface area contributed by atoms with E-state index >= 15 is 0 Å². The van der Waals surface area contributed by atoms with Gasteiger partial charge in [0.1, 0.15) is 11.6 Å². The van der Waals surface area contributed by atoms with Crippen LogP contribution in [0.1, 0.15) is 0 Å². The van der Waals surface area contributed by atoms with Gasteiger partial charge in [0.05, 0.1) is 12.1 Å². The highest BCUT2D eigenvalue weighted by Crippen LogP contribution is 2.27. The van der Waals surface area contributed by atoms with Crippen molar-refractivity contribution in [1.82, 2.24) is 5.32 Å². The predicted octanol–water partition coefficient (Wildman–Crippen LogP) is 2.12. The van der Waals surface area contributed by atoms with Crippen LogP contribution in [0.15, 0.2) is 18.2 Å². The van der Waals surface area contributed by atoms with Gasteiger partial charge in [-0.2, -0.15) is 0 Å². The van der Waals surface area contributed by atoms with Crippen LogP contribution < -0.4 is 15.4 Å². The lowest BCUT2D eigenvalue weighted by atomic mass is 10.3. The summed E-state index contributed by atoms with van der Waals surface area (Å²) in [6.45, 7) is 1.11. The SMILES string of the molecule is COc1cc(NCCNC(=O)CCl)ccc1Cl. The van der Waals surface area contributed by atoms with E-state index in [0.29, 0.717) is 23.9 Å². The topological polar surface area (TPSA) is 50.4 Å². The van der Waals surface area contributed by atoms with E-state index in [9.17, 15) is 4.79 Å². The summed E-state index contributed by atoms with van der Waals surface area (Å²) in [6, 6.07) is 5.39. The molecule has 0 radical (unpaired) electrons. The summed E-state index contributed by atoms with van der Waals surface area (Å²) in [5.74, 6) is 0.415. The standard InChI is InChI=1S/C11H14Cl2N2O2/c1-17-10-6-8(2-3-9(10)13)14-4-5-15-11(16)7-12/h2-3,6,14H,4-5,7H2,1H3,(H,15,16). The zero-order valence-electron chi connectivity index (χ0n) is 9.43. The van der Waals surface area contributed by atoms with E-state index in [2.05, 4.69) is 10.6 Å². The third kappa shape index (κ3) is 4.71. The number of benzene rings is 1. The van der Waals surface area contributed by atoms with Crippen molar-refractivity contribution in [3.8, 4) is 5.75 Å². The third-order valence-electron chi connectivity index (χ3n) is 2.05. The Kier molecular flexibility index (Phi) is 5.94. The molecule has 0 aliphatic rings. The Bertz CT molecular complexity index is 386. The molecule has 94 valence electrons. The molecule has 0 bridgehead atoms. The monoisotopic (exact) mass is 276 g/mol. The Labute approximate surface area is 110 Å². The molecule has 2 N–H and O–H groups in total. The fraction of sp³-hybridized carbons (Fsp3) is 0.364. The number of ether oxygens (including phenoxy) is 1. The van der Waals surface area contributed by atoms with Crippen LogP contribution in [0.3, 0.4) is 0 Å². The minimum absolute atomic E-state index is 0.0191. The van der Waals surface area contributed by atoms with Crippen molar-refractivity contribution < 1.29 is 9.53 Å². The van der Waals surface area contributed by atoms with Gasteiger partial charge < -0.3 is 15.4 Å². The van der Waals surface area contributed by atoms with Gasteiger partial charge in [-0.15, -0.1) is 11.6 Å². The number of halogens is 2. The van der Waals surface area contributed by atoms with Crippen molar-refractivity contribution in [3.63, 3.8) is 0 Å². The number of alkyl halides is 1. The molecule has 0 atom stereocenters. The maximum absolute atomic E-state index is 10.9. The van der Waals surface area contributed by atoms with E-state index in [1.54, 1.807) is 19.2 Å². The summed E-state index contributed by atoms with van der Waals surface area (Å²) in [5, 5.41) is 6.34. The van der Waals surface area contributed by atoms with Crippen molar-refractivity contribution in [2.45, 2.75) is 0 Å². The molecule has 0 unspecified atom stereocenters. The first kappa shape index (κ1) is 13.9. The van der Waals surface area contributed by atoms with Gasteiger partial charge >= 0.3 is 0 Å². The van der Waals surface area contributed by atoms with Crippen molar-refractivity contribution in [1.29, 1.82) is 0 Å². The van der Waals surface area contributed by atoms with Gasteiger partial charge in [0.2, 0.25) is 5.91 Å². The number of amides is 1. The minimum Gasteiger partial charge on any atom is -0.495 e. The van der Waals surface area contributed by atoms with E-state index < -0.39 is 0 Å². The number of anilines is 1. The Morgan fingerprint density at radius 1 is 1.41 bits per heavy atom. The van der Waals surface area contributed by atoms with Crippen LogP contribution in [0.4, 0.5) is 5.69 Å². The van der Waals surface area contributed by atoms with Crippen molar-refractivity contribution in [3.05, 3.63) is 23.2 Å². The molecule has 1 aromatic carbocycles. The molecular weight excluding hydrogens is 263 g/mol. The highest BCUT2D eigenvalue weighted by molar-refractivity contribution is 6.32. The normalized spacial score (nSPS) is 9.82. The maximum atomic E-state index is 10.9. The molecule has 1 rings (SSSR count). The van der Waals surface area contributed by atoms with Gasteiger partial charge in [-0.05, 0) is 12.1 Å². The first-order valence-electron chi connectivity index (χ1n) is 5.07. The van der Waals surface area contributed by atoms with Crippen LogP contribution in [0.2, 0.25) is 5.02 Å². The molecular formula is C11H14Cl2N2O2. The van der Waals surface area contributed by atoms with Gasteiger partial charge in [0, 0.05) is 24.8 Å². The molecule has 0 aliphatic heterocycles. The molecule has 1 amide bonds. The molecule has 0 saturated carbocycles. The van der Waals surface area contributed by atoms with Crippen molar-refractivity contribution in [2.75, 3.05) is 31.4 Å². The lowest BCUT2D eigenvalue weighted by molar-refractivity contribution is -0.118. The van der Waals surface area contributed by atoms with Gasteiger partial charge in [0.25, 0.3) is 0 Å². The average Bonchev–Trinajstić information content (AvgIpc) is 2.36. The summed E-state index contributed by atoms with van der Waals surface area (Å²) < 4.78 is 5.09. The molecule has 1 aromatic rings. The lowest BCUT2D eigenvalue weighted by Gasteiger charge is -2.09.